The van der Waals surface area contributed by atoms with Gasteiger partial charge in [-0.1, -0.05) is 88.6 Å². The lowest BCUT2D eigenvalue weighted by atomic mass is 9.96. The van der Waals surface area contributed by atoms with Crippen molar-refractivity contribution in [2.24, 2.45) is 10.8 Å². The van der Waals surface area contributed by atoms with Gasteiger partial charge in [0, 0.05) is 5.56 Å². The van der Waals surface area contributed by atoms with Crippen LogP contribution in [0.3, 0.4) is 0 Å². The summed E-state index contributed by atoms with van der Waals surface area (Å²) in [6.45, 7) is 2.25. The molecule has 0 aliphatic rings. The van der Waals surface area contributed by atoms with E-state index >= 15 is 0 Å². The maximum atomic E-state index is 10.5. The summed E-state index contributed by atoms with van der Waals surface area (Å²) < 4.78 is 0. The molecule has 0 amide bonds. The van der Waals surface area contributed by atoms with Gasteiger partial charge in [-0.15, -0.1) is 0 Å². The zero-order valence-corrected chi connectivity index (χ0v) is 17.7. The lowest BCUT2D eigenvalue weighted by molar-refractivity contribution is 0.474. The number of hydrazone groups is 1. The van der Waals surface area contributed by atoms with Gasteiger partial charge in [0.05, 0.1) is 5.71 Å². The van der Waals surface area contributed by atoms with Gasteiger partial charge in [-0.3, -0.25) is 5.43 Å². The van der Waals surface area contributed by atoms with E-state index in [4.69, 9.17) is 18.0 Å². The minimum Gasteiger partial charge on any atom is -0.507 e. The first-order valence-electron chi connectivity index (χ1n) is 10.5. The number of benzene rings is 2. The molecular formula is C23H33N3OS. The molecule has 0 aliphatic carbocycles. The third-order valence-corrected chi connectivity index (χ3v) is 5.11. The number of nitrogens with zero attached hydrogens (tertiary/aromatic N) is 1. The summed E-state index contributed by atoms with van der Waals surface area (Å²) in [6.07, 6.45) is 12.2. The zero-order valence-electron chi connectivity index (χ0n) is 16.9. The SMILES string of the molecule is CCCCCCCCCCCC(=NNC(N)=S)c1c(O)ccc2ccccc12. The van der Waals surface area contributed by atoms with Crippen LogP contribution in [0.5, 0.6) is 5.75 Å². The molecule has 0 aliphatic heterocycles. The summed E-state index contributed by atoms with van der Waals surface area (Å²) in [7, 11) is 0. The molecule has 0 atom stereocenters. The van der Waals surface area contributed by atoms with Gasteiger partial charge in [0.25, 0.3) is 0 Å². The van der Waals surface area contributed by atoms with E-state index in [1.807, 2.05) is 30.3 Å². The summed E-state index contributed by atoms with van der Waals surface area (Å²) in [5.41, 5.74) is 9.83. The highest BCUT2D eigenvalue weighted by molar-refractivity contribution is 7.80. The molecule has 0 bridgehead atoms. The van der Waals surface area contributed by atoms with Crippen molar-refractivity contribution in [2.75, 3.05) is 0 Å². The summed E-state index contributed by atoms with van der Waals surface area (Å²) in [6, 6.07) is 11.7. The Bertz CT molecular complexity index is 789. The van der Waals surface area contributed by atoms with Gasteiger partial charge in [-0.2, -0.15) is 5.10 Å². The van der Waals surface area contributed by atoms with Gasteiger partial charge in [-0.05, 0) is 41.9 Å². The molecular weight excluding hydrogens is 366 g/mol. The third kappa shape index (κ3) is 7.12. The Morgan fingerprint density at radius 2 is 1.61 bits per heavy atom. The van der Waals surface area contributed by atoms with Crippen LogP contribution in [0.1, 0.15) is 76.7 Å². The molecule has 0 unspecified atom stereocenters. The predicted octanol–water partition coefficient (Wildman–Crippen LogP) is 6.00. The molecule has 5 heteroatoms. The molecule has 4 N–H and O–H groups in total. The number of nitrogens with one attached hydrogen (secondary N) is 1. The van der Waals surface area contributed by atoms with Crippen molar-refractivity contribution >= 4 is 33.8 Å². The number of hydrogen-bond acceptors (Lipinski definition) is 3. The van der Waals surface area contributed by atoms with Crippen molar-refractivity contribution in [3.63, 3.8) is 0 Å². The molecule has 0 aromatic heterocycles. The molecule has 2 aromatic carbocycles. The average Bonchev–Trinajstić information content (AvgIpc) is 2.69. The van der Waals surface area contributed by atoms with Crippen LogP contribution in [-0.4, -0.2) is 15.9 Å². The Balaban J connectivity index is 1.99. The number of phenolic OH excluding ortho intramolecular Hbond substituents is 1. The van der Waals surface area contributed by atoms with E-state index in [0.717, 1.165) is 41.3 Å². The maximum Gasteiger partial charge on any atom is 0.184 e. The lowest BCUT2D eigenvalue weighted by Crippen LogP contribution is -2.25. The van der Waals surface area contributed by atoms with Crippen LogP contribution in [-0.2, 0) is 0 Å². The van der Waals surface area contributed by atoms with Crippen molar-refractivity contribution in [2.45, 2.75) is 71.1 Å². The van der Waals surface area contributed by atoms with Crippen LogP contribution >= 0.6 is 12.2 Å². The number of phenols is 1. The number of nitrogens with two attached hydrogens (primary N) is 1. The second-order valence-electron chi connectivity index (χ2n) is 7.29. The minimum atomic E-state index is 0.129. The number of rotatable bonds is 12. The van der Waals surface area contributed by atoms with Gasteiger partial charge in [0.1, 0.15) is 5.75 Å². The van der Waals surface area contributed by atoms with E-state index in [-0.39, 0.29) is 10.9 Å². The monoisotopic (exact) mass is 399 g/mol. The highest BCUT2D eigenvalue weighted by Gasteiger charge is 2.14. The lowest BCUT2D eigenvalue weighted by Gasteiger charge is -2.13. The van der Waals surface area contributed by atoms with Crippen molar-refractivity contribution in [1.82, 2.24) is 5.43 Å². The highest BCUT2D eigenvalue weighted by Crippen LogP contribution is 2.29. The fourth-order valence-electron chi connectivity index (χ4n) is 3.53. The first kappa shape index (κ1) is 22.2. The van der Waals surface area contributed by atoms with Gasteiger partial charge in [0.15, 0.2) is 5.11 Å². The fraction of sp³-hybridized carbons (Fsp3) is 0.478. The highest BCUT2D eigenvalue weighted by atomic mass is 32.1. The summed E-state index contributed by atoms with van der Waals surface area (Å²) in [5.74, 6) is 0.234. The van der Waals surface area contributed by atoms with E-state index in [2.05, 4.69) is 17.5 Å². The Kier molecular flexibility index (Phi) is 9.77. The average molecular weight is 400 g/mol. The van der Waals surface area contributed by atoms with E-state index in [0.29, 0.717) is 0 Å². The quantitative estimate of drug-likeness (QED) is 0.177. The first-order valence-corrected chi connectivity index (χ1v) is 10.9. The molecule has 0 saturated carbocycles. The summed E-state index contributed by atoms with van der Waals surface area (Å²) >= 11 is 4.90. The number of thiocarbonyl (C=S) groups is 1. The Hall–Kier alpha value is -2.14. The fourth-order valence-corrected chi connectivity index (χ4v) is 3.57. The molecule has 0 radical (unpaired) electrons. The van der Waals surface area contributed by atoms with Crippen molar-refractivity contribution < 1.29 is 5.11 Å². The van der Waals surface area contributed by atoms with Crippen LogP contribution in [0.4, 0.5) is 0 Å². The second-order valence-corrected chi connectivity index (χ2v) is 7.73. The van der Waals surface area contributed by atoms with Gasteiger partial charge in [-0.25, -0.2) is 0 Å². The van der Waals surface area contributed by atoms with Crippen LogP contribution in [0.2, 0.25) is 0 Å². The van der Waals surface area contributed by atoms with Gasteiger partial charge < -0.3 is 10.8 Å². The van der Waals surface area contributed by atoms with Gasteiger partial charge in [0.2, 0.25) is 0 Å². The Morgan fingerprint density at radius 1 is 0.964 bits per heavy atom. The maximum absolute atomic E-state index is 10.5. The first-order chi connectivity index (χ1) is 13.6. The summed E-state index contributed by atoms with van der Waals surface area (Å²) in [4.78, 5) is 0. The molecule has 28 heavy (non-hydrogen) atoms. The molecule has 0 saturated heterocycles. The molecule has 0 spiro atoms. The van der Waals surface area contributed by atoms with Crippen molar-refractivity contribution in [3.05, 3.63) is 42.0 Å². The third-order valence-electron chi connectivity index (χ3n) is 5.01. The van der Waals surface area contributed by atoms with Crippen molar-refractivity contribution in [1.29, 1.82) is 0 Å². The van der Waals surface area contributed by atoms with Crippen LogP contribution in [0, 0.1) is 0 Å². The molecule has 4 nitrogen and oxygen atoms in total. The Morgan fingerprint density at radius 3 is 2.29 bits per heavy atom. The molecule has 152 valence electrons. The van der Waals surface area contributed by atoms with Crippen LogP contribution in [0.25, 0.3) is 10.8 Å². The topological polar surface area (TPSA) is 70.6 Å². The number of unbranched alkanes of at least 4 members (excludes halogenated alkanes) is 8. The smallest absolute Gasteiger partial charge is 0.184 e. The molecule has 2 rings (SSSR count). The molecule has 0 fully saturated rings. The number of fused-ring (bicyclic) bond motifs is 1. The normalized spacial score (nSPS) is 11.7. The molecule has 2 aromatic rings. The molecule has 0 heterocycles. The number of aromatic hydroxyl groups is 1. The second kappa shape index (κ2) is 12.3. The van der Waals surface area contributed by atoms with E-state index in [1.165, 1.54) is 44.9 Å². The van der Waals surface area contributed by atoms with E-state index < -0.39 is 0 Å². The van der Waals surface area contributed by atoms with Crippen LogP contribution in [0.15, 0.2) is 41.5 Å². The zero-order chi connectivity index (χ0) is 20.2. The van der Waals surface area contributed by atoms with Crippen LogP contribution < -0.4 is 11.2 Å². The number of hydrogen-bond donors (Lipinski definition) is 3. The van der Waals surface area contributed by atoms with E-state index in [9.17, 15) is 5.11 Å². The van der Waals surface area contributed by atoms with Gasteiger partial charge >= 0.3 is 0 Å². The largest absolute Gasteiger partial charge is 0.507 e. The van der Waals surface area contributed by atoms with Crippen molar-refractivity contribution in [3.8, 4) is 5.75 Å². The Labute approximate surface area is 174 Å². The standard InChI is InChI=1S/C23H33N3OS/c1-2-3-4-5-6-7-8-9-10-15-20(25-26-23(24)28)22-19-14-12-11-13-18(19)16-17-21(22)27/h11-14,16-17,27H,2-10,15H2,1H3,(H3,24,26,28). The van der Waals surface area contributed by atoms with E-state index in [1.54, 1.807) is 6.07 Å². The minimum absolute atomic E-state index is 0.129. The predicted molar refractivity (Wildman–Crippen MR) is 124 cm³/mol. The summed E-state index contributed by atoms with van der Waals surface area (Å²) in [5, 5.41) is 17.1.